The molecule has 1 heterocycles. The molecule has 0 aliphatic heterocycles. The van der Waals surface area contributed by atoms with Crippen molar-refractivity contribution in [2.24, 2.45) is 0 Å². The van der Waals surface area contributed by atoms with Gasteiger partial charge in [-0.25, -0.2) is 4.98 Å². The van der Waals surface area contributed by atoms with Crippen LogP contribution in [-0.4, -0.2) is 23.7 Å². The second-order valence-electron chi connectivity index (χ2n) is 2.93. The molecule has 1 aromatic rings. The SMILES string of the molecule is C=CCN(C)c1ccc(Cl)c(CO)n1. The van der Waals surface area contributed by atoms with Crippen LogP contribution in [0.5, 0.6) is 0 Å². The van der Waals surface area contributed by atoms with Crippen LogP contribution < -0.4 is 4.90 Å². The normalized spacial score (nSPS) is 9.93. The molecule has 3 nitrogen and oxygen atoms in total. The van der Waals surface area contributed by atoms with Crippen molar-refractivity contribution in [1.29, 1.82) is 0 Å². The molecule has 1 N–H and O–H groups in total. The predicted octanol–water partition coefficient (Wildman–Crippen LogP) is 1.85. The first-order valence-electron chi connectivity index (χ1n) is 4.27. The first-order valence-corrected chi connectivity index (χ1v) is 4.65. The van der Waals surface area contributed by atoms with Crippen molar-refractivity contribution in [3.8, 4) is 0 Å². The van der Waals surface area contributed by atoms with E-state index in [2.05, 4.69) is 11.6 Å². The van der Waals surface area contributed by atoms with Crippen LogP contribution in [0.3, 0.4) is 0 Å². The summed E-state index contributed by atoms with van der Waals surface area (Å²) in [6, 6.07) is 3.54. The Morgan fingerprint density at radius 2 is 2.36 bits per heavy atom. The fourth-order valence-corrected chi connectivity index (χ4v) is 1.25. The van der Waals surface area contributed by atoms with E-state index >= 15 is 0 Å². The lowest BCUT2D eigenvalue weighted by Crippen LogP contribution is -2.18. The number of anilines is 1. The molecule has 0 bridgehead atoms. The molecule has 0 saturated carbocycles. The lowest BCUT2D eigenvalue weighted by Gasteiger charge is -2.16. The minimum Gasteiger partial charge on any atom is -0.390 e. The molecular weight excluding hydrogens is 200 g/mol. The molecule has 14 heavy (non-hydrogen) atoms. The Morgan fingerprint density at radius 1 is 1.64 bits per heavy atom. The number of nitrogens with zero attached hydrogens (tertiary/aromatic N) is 2. The van der Waals surface area contributed by atoms with Crippen molar-refractivity contribution in [2.45, 2.75) is 6.61 Å². The van der Waals surface area contributed by atoms with Crippen molar-refractivity contribution in [3.05, 3.63) is 35.5 Å². The van der Waals surface area contributed by atoms with Crippen LogP contribution in [0.25, 0.3) is 0 Å². The molecule has 0 atom stereocenters. The van der Waals surface area contributed by atoms with E-state index in [1.807, 2.05) is 18.0 Å². The van der Waals surface area contributed by atoms with Gasteiger partial charge in [-0.3, -0.25) is 0 Å². The zero-order valence-electron chi connectivity index (χ0n) is 8.07. The summed E-state index contributed by atoms with van der Waals surface area (Å²) in [7, 11) is 1.90. The highest BCUT2D eigenvalue weighted by molar-refractivity contribution is 6.31. The maximum Gasteiger partial charge on any atom is 0.129 e. The van der Waals surface area contributed by atoms with Crippen LogP contribution in [0.1, 0.15) is 5.69 Å². The van der Waals surface area contributed by atoms with E-state index in [-0.39, 0.29) is 6.61 Å². The molecule has 0 aromatic carbocycles. The average molecular weight is 213 g/mol. The Bertz CT molecular complexity index is 328. The van der Waals surface area contributed by atoms with Crippen LogP contribution >= 0.6 is 11.6 Å². The Kier molecular flexibility index (Phi) is 3.92. The van der Waals surface area contributed by atoms with Crippen LogP contribution in [0.15, 0.2) is 24.8 Å². The van der Waals surface area contributed by atoms with Gasteiger partial charge in [0, 0.05) is 13.6 Å². The number of aromatic nitrogens is 1. The number of likely N-dealkylation sites (N-methyl/N-ethyl adjacent to an activating group) is 1. The van der Waals surface area contributed by atoms with Gasteiger partial charge in [0.25, 0.3) is 0 Å². The van der Waals surface area contributed by atoms with Gasteiger partial charge < -0.3 is 10.0 Å². The number of rotatable bonds is 4. The second kappa shape index (κ2) is 4.98. The summed E-state index contributed by atoms with van der Waals surface area (Å²) >= 11 is 5.82. The van der Waals surface area contributed by atoms with E-state index in [0.717, 1.165) is 5.82 Å². The van der Waals surface area contributed by atoms with E-state index < -0.39 is 0 Å². The third kappa shape index (κ3) is 2.47. The summed E-state index contributed by atoms with van der Waals surface area (Å²) in [5, 5.41) is 9.46. The fraction of sp³-hybridized carbons (Fsp3) is 0.300. The van der Waals surface area contributed by atoms with Crippen LogP contribution in [0, 0.1) is 0 Å². The fourth-order valence-electron chi connectivity index (χ4n) is 1.08. The highest BCUT2D eigenvalue weighted by Gasteiger charge is 2.05. The number of halogens is 1. The Balaban J connectivity index is 2.93. The lowest BCUT2D eigenvalue weighted by molar-refractivity contribution is 0.277. The highest BCUT2D eigenvalue weighted by atomic mass is 35.5. The predicted molar refractivity (Wildman–Crippen MR) is 58.6 cm³/mol. The smallest absolute Gasteiger partial charge is 0.129 e. The summed E-state index contributed by atoms with van der Waals surface area (Å²) in [6.07, 6.45) is 1.79. The molecule has 0 spiro atoms. The maximum absolute atomic E-state index is 8.97. The first-order chi connectivity index (χ1) is 6.69. The third-order valence-electron chi connectivity index (χ3n) is 1.85. The molecule has 76 valence electrons. The van der Waals surface area contributed by atoms with E-state index in [4.69, 9.17) is 16.7 Å². The molecule has 0 saturated heterocycles. The molecule has 0 aliphatic carbocycles. The summed E-state index contributed by atoms with van der Waals surface area (Å²) in [5.74, 6) is 0.776. The van der Waals surface area contributed by atoms with Crippen molar-refractivity contribution in [3.63, 3.8) is 0 Å². The minimum atomic E-state index is -0.144. The van der Waals surface area contributed by atoms with Crippen LogP contribution in [-0.2, 0) is 6.61 Å². The largest absolute Gasteiger partial charge is 0.390 e. The summed E-state index contributed by atoms with van der Waals surface area (Å²) in [4.78, 5) is 6.12. The highest BCUT2D eigenvalue weighted by Crippen LogP contribution is 2.18. The number of hydrogen-bond donors (Lipinski definition) is 1. The average Bonchev–Trinajstić information content (AvgIpc) is 2.19. The topological polar surface area (TPSA) is 36.4 Å². The van der Waals surface area contributed by atoms with Gasteiger partial charge in [0.2, 0.25) is 0 Å². The maximum atomic E-state index is 8.97. The van der Waals surface area contributed by atoms with E-state index in [9.17, 15) is 0 Å². The van der Waals surface area contributed by atoms with Crippen LogP contribution in [0.4, 0.5) is 5.82 Å². The van der Waals surface area contributed by atoms with Crippen molar-refractivity contribution < 1.29 is 5.11 Å². The van der Waals surface area contributed by atoms with Gasteiger partial charge in [-0.1, -0.05) is 17.7 Å². The Morgan fingerprint density at radius 3 is 2.93 bits per heavy atom. The van der Waals surface area contributed by atoms with E-state index in [1.165, 1.54) is 0 Å². The van der Waals surface area contributed by atoms with E-state index in [1.54, 1.807) is 12.1 Å². The molecule has 1 rings (SSSR count). The molecule has 1 aromatic heterocycles. The third-order valence-corrected chi connectivity index (χ3v) is 2.19. The Hall–Kier alpha value is -1.06. The zero-order chi connectivity index (χ0) is 10.6. The van der Waals surface area contributed by atoms with Gasteiger partial charge in [-0.05, 0) is 12.1 Å². The molecule has 0 aliphatic rings. The second-order valence-corrected chi connectivity index (χ2v) is 3.33. The van der Waals surface area contributed by atoms with Gasteiger partial charge in [0.05, 0.1) is 17.3 Å². The van der Waals surface area contributed by atoms with Crippen molar-refractivity contribution >= 4 is 17.4 Å². The lowest BCUT2D eigenvalue weighted by atomic mass is 10.3. The number of hydrogen-bond acceptors (Lipinski definition) is 3. The molecule has 0 fully saturated rings. The quantitative estimate of drug-likeness (QED) is 0.774. The van der Waals surface area contributed by atoms with Gasteiger partial charge in [0.1, 0.15) is 5.82 Å². The standard InChI is InChI=1S/C10H13ClN2O/c1-3-6-13(2)10-5-4-8(11)9(7-14)12-10/h3-5,14H,1,6-7H2,2H3. The molecule has 0 unspecified atom stereocenters. The number of aliphatic hydroxyl groups excluding tert-OH is 1. The summed E-state index contributed by atoms with van der Waals surface area (Å²) < 4.78 is 0. The van der Waals surface area contributed by atoms with Crippen molar-refractivity contribution in [2.75, 3.05) is 18.5 Å². The molecular formula is C10H13ClN2O. The van der Waals surface area contributed by atoms with Gasteiger partial charge in [-0.2, -0.15) is 0 Å². The first kappa shape index (κ1) is 11.0. The molecule has 0 amide bonds. The van der Waals surface area contributed by atoms with Gasteiger partial charge >= 0.3 is 0 Å². The minimum absolute atomic E-state index is 0.144. The van der Waals surface area contributed by atoms with Gasteiger partial charge in [0.15, 0.2) is 0 Å². The Labute approximate surface area is 88.6 Å². The van der Waals surface area contributed by atoms with Gasteiger partial charge in [-0.15, -0.1) is 6.58 Å². The monoisotopic (exact) mass is 212 g/mol. The van der Waals surface area contributed by atoms with Crippen molar-refractivity contribution in [1.82, 2.24) is 4.98 Å². The molecule has 4 heteroatoms. The number of aliphatic hydroxyl groups is 1. The van der Waals surface area contributed by atoms with E-state index in [0.29, 0.717) is 17.3 Å². The molecule has 0 radical (unpaired) electrons. The summed E-state index contributed by atoms with van der Waals surface area (Å²) in [5.41, 5.74) is 0.500. The zero-order valence-corrected chi connectivity index (χ0v) is 8.83. The number of pyridine rings is 1. The van der Waals surface area contributed by atoms with Crippen LogP contribution in [0.2, 0.25) is 5.02 Å². The summed E-state index contributed by atoms with van der Waals surface area (Å²) in [6.45, 7) is 4.21.